The zero-order chi connectivity index (χ0) is 15.7. The number of sulfonamides is 1. The second-order valence-electron chi connectivity index (χ2n) is 4.07. The van der Waals surface area contributed by atoms with Crippen molar-refractivity contribution in [1.29, 1.82) is 0 Å². The number of nitrogens with one attached hydrogen (secondary N) is 2. The molecule has 0 aliphatic carbocycles. The Morgan fingerprint density at radius 3 is 2.62 bits per heavy atom. The van der Waals surface area contributed by atoms with Gasteiger partial charge < -0.3 is 0 Å². The molecule has 0 saturated heterocycles. The summed E-state index contributed by atoms with van der Waals surface area (Å²) >= 11 is 5.50. The molecule has 0 spiro atoms. The van der Waals surface area contributed by atoms with E-state index >= 15 is 0 Å². The molecule has 2 rings (SSSR count). The van der Waals surface area contributed by atoms with Gasteiger partial charge in [0.05, 0.1) is 16.7 Å². The van der Waals surface area contributed by atoms with E-state index in [0.717, 1.165) is 12.1 Å². The standard InChI is InChI=1S/C11H9ClF3N3O2S/c12-8-1-2-10(9(3-8)11(13,14)15)21(19,20)18-6-7-4-16-17-5-7/h1-5,18H,6H2,(H,16,17). The number of nitrogens with zero attached hydrogens (tertiary/aromatic N) is 1. The van der Waals surface area contributed by atoms with Gasteiger partial charge in [-0.15, -0.1) is 0 Å². The van der Waals surface area contributed by atoms with E-state index in [1.807, 2.05) is 0 Å². The van der Waals surface area contributed by atoms with Crippen molar-refractivity contribution in [2.45, 2.75) is 17.6 Å². The highest BCUT2D eigenvalue weighted by Gasteiger charge is 2.37. The third-order valence-corrected chi connectivity index (χ3v) is 4.25. The second kappa shape index (κ2) is 5.66. The Labute approximate surface area is 123 Å². The Morgan fingerprint density at radius 2 is 2.05 bits per heavy atom. The minimum absolute atomic E-state index is 0.182. The van der Waals surface area contributed by atoms with Crippen molar-refractivity contribution in [3.8, 4) is 0 Å². The zero-order valence-corrected chi connectivity index (χ0v) is 11.9. The van der Waals surface area contributed by atoms with Crippen LogP contribution in [0.25, 0.3) is 0 Å². The molecule has 0 fully saturated rings. The molecule has 0 aliphatic rings. The third kappa shape index (κ3) is 3.74. The molecular formula is C11H9ClF3N3O2S. The predicted molar refractivity (Wildman–Crippen MR) is 69.1 cm³/mol. The lowest BCUT2D eigenvalue weighted by atomic mass is 10.2. The first-order valence-corrected chi connectivity index (χ1v) is 7.40. The molecule has 0 amide bonds. The smallest absolute Gasteiger partial charge is 0.285 e. The highest BCUT2D eigenvalue weighted by Crippen LogP contribution is 2.35. The maximum atomic E-state index is 12.9. The number of rotatable bonds is 4. The summed E-state index contributed by atoms with van der Waals surface area (Å²) in [6, 6.07) is 2.49. The third-order valence-electron chi connectivity index (χ3n) is 2.56. The molecule has 0 unspecified atom stereocenters. The normalized spacial score (nSPS) is 12.6. The quantitative estimate of drug-likeness (QED) is 0.899. The van der Waals surface area contributed by atoms with E-state index in [1.54, 1.807) is 0 Å². The summed E-state index contributed by atoms with van der Waals surface area (Å²) < 4.78 is 64.8. The highest BCUT2D eigenvalue weighted by molar-refractivity contribution is 7.89. The fourth-order valence-electron chi connectivity index (χ4n) is 1.59. The van der Waals surface area contributed by atoms with Crippen molar-refractivity contribution < 1.29 is 21.6 Å². The van der Waals surface area contributed by atoms with Crippen LogP contribution in [0.4, 0.5) is 13.2 Å². The van der Waals surface area contributed by atoms with Crippen LogP contribution < -0.4 is 4.72 Å². The van der Waals surface area contributed by atoms with Crippen LogP contribution in [0.15, 0.2) is 35.5 Å². The molecule has 21 heavy (non-hydrogen) atoms. The summed E-state index contributed by atoms with van der Waals surface area (Å²) in [7, 11) is -4.34. The van der Waals surface area contributed by atoms with Gasteiger partial charge >= 0.3 is 6.18 Å². The van der Waals surface area contributed by atoms with Crippen LogP contribution in [0.1, 0.15) is 11.1 Å². The average molecular weight is 340 g/mol. The van der Waals surface area contributed by atoms with Crippen LogP contribution in [-0.4, -0.2) is 18.6 Å². The first-order chi connectivity index (χ1) is 9.70. The minimum atomic E-state index is -4.83. The number of benzene rings is 1. The molecule has 0 aliphatic heterocycles. The maximum Gasteiger partial charge on any atom is 0.417 e. The van der Waals surface area contributed by atoms with Crippen molar-refractivity contribution in [2.24, 2.45) is 0 Å². The topological polar surface area (TPSA) is 74.8 Å². The van der Waals surface area contributed by atoms with Gasteiger partial charge in [0.2, 0.25) is 10.0 Å². The first kappa shape index (κ1) is 15.8. The summed E-state index contributed by atoms with van der Waals surface area (Å²) in [6.45, 7) is -0.182. The van der Waals surface area contributed by atoms with Crippen LogP contribution in [0, 0.1) is 0 Å². The molecule has 0 bridgehead atoms. The number of H-pyrrole nitrogens is 1. The molecule has 10 heteroatoms. The predicted octanol–water partition coefficient (Wildman–Crippen LogP) is 2.56. The Kier molecular flexibility index (Phi) is 4.26. The SMILES string of the molecule is O=S(=O)(NCc1cn[nH]c1)c1ccc(Cl)cc1C(F)(F)F. The van der Waals surface area contributed by atoms with Crippen molar-refractivity contribution in [2.75, 3.05) is 0 Å². The maximum absolute atomic E-state index is 12.9. The van der Waals surface area contributed by atoms with Gasteiger partial charge in [-0.1, -0.05) is 11.6 Å². The molecule has 1 aromatic carbocycles. The van der Waals surface area contributed by atoms with Crippen LogP contribution in [-0.2, 0) is 22.7 Å². The lowest BCUT2D eigenvalue weighted by Crippen LogP contribution is -2.26. The molecule has 1 heterocycles. The van der Waals surface area contributed by atoms with E-state index in [1.165, 1.54) is 12.4 Å². The van der Waals surface area contributed by atoms with Crippen LogP contribution in [0.2, 0.25) is 5.02 Å². The largest absolute Gasteiger partial charge is 0.417 e. The van der Waals surface area contributed by atoms with E-state index in [0.29, 0.717) is 11.6 Å². The Bertz CT molecular complexity index is 730. The monoisotopic (exact) mass is 339 g/mol. The van der Waals surface area contributed by atoms with Crippen molar-refractivity contribution in [3.05, 3.63) is 46.7 Å². The summed E-state index contributed by atoms with van der Waals surface area (Å²) in [5.41, 5.74) is -0.823. The van der Waals surface area contributed by atoms with Crippen LogP contribution in [0.5, 0.6) is 0 Å². The number of hydrogen-bond acceptors (Lipinski definition) is 3. The molecular weight excluding hydrogens is 331 g/mol. The lowest BCUT2D eigenvalue weighted by Gasteiger charge is -2.14. The molecule has 114 valence electrons. The Morgan fingerprint density at radius 1 is 1.33 bits per heavy atom. The number of alkyl halides is 3. The van der Waals surface area contributed by atoms with Crippen LogP contribution >= 0.6 is 11.6 Å². The van der Waals surface area contributed by atoms with Gasteiger partial charge in [-0.25, -0.2) is 13.1 Å². The summed E-state index contributed by atoms with van der Waals surface area (Å²) in [4.78, 5) is -0.872. The minimum Gasteiger partial charge on any atom is -0.285 e. The summed E-state index contributed by atoms with van der Waals surface area (Å²) in [5.74, 6) is 0. The summed E-state index contributed by atoms with van der Waals surface area (Å²) in [5, 5.41) is 5.88. The van der Waals surface area contributed by atoms with E-state index in [9.17, 15) is 21.6 Å². The van der Waals surface area contributed by atoms with Gasteiger partial charge in [0.1, 0.15) is 0 Å². The van der Waals surface area contributed by atoms with Crippen LogP contribution in [0.3, 0.4) is 0 Å². The number of halogens is 4. The van der Waals surface area contributed by atoms with Gasteiger partial charge in [0.25, 0.3) is 0 Å². The fourth-order valence-corrected chi connectivity index (χ4v) is 2.98. The molecule has 0 radical (unpaired) electrons. The first-order valence-electron chi connectivity index (χ1n) is 5.54. The molecule has 0 saturated carbocycles. The lowest BCUT2D eigenvalue weighted by molar-refractivity contribution is -0.139. The molecule has 5 nitrogen and oxygen atoms in total. The Balaban J connectivity index is 2.36. The molecule has 1 aromatic heterocycles. The number of aromatic amines is 1. The fraction of sp³-hybridized carbons (Fsp3) is 0.182. The van der Waals surface area contributed by atoms with Crippen molar-refractivity contribution in [3.63, 3.8) is 0 Å². The molecule has 0 atom stereocenters. The summed E-state index contributed by atoms with van der Waals surface area (Å²) in [6.07, 6.45) is -2.05. The van der Waals surface area contributed by atoms with E-state index in [4.69, 9.17) is 11.6 Å². The van der Waals surface area contributed by atoms with Crippen molar-refractivity contribution in [1.82, 2.24) is 14.9 Å². The van der Waals surface area contributed by atoms with Gasteiger partial charge in [0, 0.05) is 23.3 Å². The van der Waals surface area contributed by atoms with Gasteiger partial charge in [-0.2, -0.15) is 18.3 Å². The van der Waals surface area contributed by atoms with E-state index in [2.05, 4.69) is 14.9 Å². The number of hydrogen-bond donors (Lipinski definition) is 2. The molecule has 2 N–H and O–H groups in total. The Hall–Kier alpha value is -1.58. The second-order valence-corrected chi connectivity index (χ2v) is 6.24. The van der Waals surface area contributed by atoms with Gasteiger partial charge in [0.15, 0.2) is 0 Å². The molecule has 2 aromatic rings. The van der Waals surface area contributed by atoms with E-state index in [-0.39, 0.29) is 11.6 Å². The number of aromatic nitrogens is 2. The average Bonchev–Trinajstić information content (AvgIpc) is 2.88. The van der Waals surface area contributed by atoms with E-state index < -0.39 is 26.7 Å². The van der Waals surface area contributed by atoms with Crippen molar-refractivity contribution >= 4 is 21.6 Å². The zero-order valence-electron chi connectivity index (χ0n) is 10.3. The van der Waals surface area contributed by atoms with Gasteiger partial charge in [-0.3, -0.25) is 5.10 Å². The highest BCUT2D eigenvalue weighted by atomic mass is 35.5. The van der Waals surface area contributed by atoms with Gasteiger partial charge in [-0.05, 0) is 18.2 Å².